The molecule has 1 saturated heterocycles. The van der Waals surface area contributed by atoms with Gasteiger partial charge in [0.1, 0.15) is 6.04 Å². The Morgan fingerprint density at radius 2 is 1.96 bits per heavy atom. The van der Waals surface area contributed by atoms with Gasteiger partial charge in [0.05, 0.1) is 16.1 Å². The van der Waals surface area contributed by atoms with Crippen molar-refractivity contribution in [2.75, 3.05) is 11.4 Å². The average molecular weight is 326 g/mol. The number of para-hydroxylation sites is 1. The normalized spacial score (nSPS) is 20.3. The molecule has 0 saturated carbocycles. The molecule has 3 heterocycles. The second-order valence-corrected chi connectivity index (χ2v) is 6.58. The van der Waals surface area contributed by atoms with Crippen LogP contribution >= 0.6 is 11.3 Å². The Kier molecular flexibility index (Phi) is 3.27. The van der Waals surface area contributed by atoms with Crippen LogP contribution in [0.5, 0.6) is 0 Å². The van der Waals surface area contributed by atoms with Gasteiger partial charge < -0.3 is 4.90 Å². The number of imide groups is 1. The van der Waals surface area contributed by atoms with Gasteiger partial charge in [0.25, 0.3) is 17.7 Å². The van der Waals surface area contributed by atoms with Gasteiger partial charge in [-0.25, -0.2) is 4.90 Å². The molecule has 2 aliphatic heterocycles. The lowest BCUT2D eigenvalue weighted by Gasteiger charge is -2.24. The first-order valence-electron chi connectivity index (χ1n) is 7.50. The van der Waals surface area contributed by atoms with Crippen molar-refractivity contribution >= 4 is 34.7 Å². The van der Waals surface area contributed by atoms with E-state index >= 15 is 0 Å². The Labute approximate surface area is 137 Å². The predicted octanol–water partition coefficient (Wildman–Crippen LogP) is 2.54. The highest BCUT2D eigenvalue weighted by Crippen LogP contribution is 2.33. The quantitative estimate of drug-likeness (QED) is 0.757. The largest absolute Gasteiger partial charge is 0.327 e. The fourth-order valence-corrected chi connectivity index (χ4v) is 3.91. The van der Waals surface area contributed by atoms with E-state index in [1.165, 1.54) is 16.2 Å². The summed E-state index contributed by atoms with van der Waals surface area (Å²) in [5.41, 5.74) is 0.797. The Morgan fingerprint density at radius 1 is 1.13 bits per heavy atom. The van der Waals surface area contributed by atoms with E-state index in [1.54, 1.807) is 46.7 Å². The Morgan fingerprint density at radius 3 is 2.74 bits per heavy atom. The zero-order valence-corrected chi connectivity index (χ0v) is 13.1. The van der Waals surface area contributed by atoms with E-state index in [4.69, 9.17) is 0 Å². The van der Waals surface area contributed by atoms with E-state index < -0.39 is 6.04 Å². The standard InChI is InChI=1S/C17H14N2O3S/c20-15-11-5-1-2-6-12(11)19(17(22)14-8-4-10-23-14)16(21)13-7-3-9-18(13)15/h1-2,4-6,8,10,13H,3,7,9H2/t13-/m1/s1. The number of carbonyl (C=O) groups excluding carboxylic acids is 3. The third-order valence-corrected chi connectivity index (χ3v) is 5.19. The van der Waals surface area contributed by atoms with Crippen molar-refractivity contribution in [3.05, 3.63) is 52.2 Å². The molecule has 5 nitrogen and oxygen atoms in total. The minimum absolute atomic E-state index is 0.169. The predicted molar refractivity (Wildman–Crippen MR) is 86.6 cm³/mol. The number of hydrogen-bond acceptors (Lipinski definition) is 4. The molecule has 0 unspecified atom stereocenters. The van der Waals surface area contributed by atoms with Gasteiger partial charge in [0.2, 0.25) is 0 Å². The molecule has 2 aromatic rings. The van der Waals surface area contributed by atoms with Gasteiger partial charge in [0.15, 0.2) is 0 Å². The highest BCUT2D eigenvalue weighted by molar-refractivity contribution is 7.12. The molecule has 1 fully saturated rings. The lowest BCUT2D eigenvalue weighted by atomic mass is 10.1. The van der Waals surface area contributed by atoms with E-state index in [0.717, 1.165) is 6.42 Å². The van der Waals surface area contributed by atoms with Crippen LogP contribution in [0.3, 0.4) is 0 Å². The van der Waals surface area contributed by atoms with Crippen LogP contribution in [0.2, 0.25) is 0 Å². The molecule has 23 heavy (non-hydrogen) atoms. The number of fused-ring (bicyclic) bond motifs is 2. The number of benzene rings is 1. The van der Waals surface area contributed by atoms with E-state index in [0.29, 0.717) is 29.1 Å². The van der Waals surface area contributed by atoms with Crippen LogP contribution in [-0.2, 0) is 4.79 Å². The number of rotatable bonds is 1. The first kappa shape index (κ1) is 14.1. The summed E-state index contributed by atoms with van der Waals surface area (Å²) < 4.78 is 0. The van der Waals surface area contributed by atoms with Gasteiger partial charge in [-0.2, -0.15) is 0 Å². The number of hydrogen-bond donors (Lipinski definition) is 0. The lowest BCUT2D eigenvalue weighted by Crippen LogP contribution is -2.47. The second kappa shape index (κ2) is 5.31. The average Bonchev–Trinajstić information content (AvgIpc) is 3.24. The lowest BCUT2D eigenvalue weighted by molar-refractivity contribution is -0.121. The molecule has 2 aliphatic rings. The van der Waals surface area contributed by atoms with Crippen LogP contribution in [0.1, 0.15) is 32.9 Å². The van der Waals surface area contributed by atoms with Crippen molar-refractivity contribution in [2.24, 2.45) is 0 Å². The number of carbonyl (C=O) groups is 3. The molecule has 4 rings (SSSR count). The van der Waals surface area contributed by atoms with Crippen LogP contribution in [0.4, 0.5) is 5.69 Å². The highest BCUT2D eigenvalue weighted by Gasteiger charge is 2.44. The molecular weight excluding hydrogens is 312 g/mol. The van der Waals surface area contributed by atoms with Crippen molar-refractivity contribution in [3.8, 4) is 0 Å². The third-order valence-electron chi connectivity index (χ3n) is 4.33. The molecule has 6 heteroatoms. The molecule has 1 aromatic carbocycles. The summed E-state index contributed by atoms with van der Waals surface area (Å²) in [6, 6.07) is 9.77. The molecule has 1 atom stereocenters. The first-order chi connectivity index (χ1) is 11.2. The maximum atomic E-state index is 13.0. The third kappa shape index (κ3) is 2.09. The topological polar surface area (TPSA) is 57.7 Å². The maximum absolute atomic E-state index is 13.0. The molecule has 0 bridgehead atoms. The summed E-state index contributed by atoms with van der Waals surface area (Å²) in [4.78, 5) is 41.9. The summed E-state index contributed by atoms with van der Waals surface area (Å²) in [6.45, 7) is 0.560. The minimum Gasteiger partial charge on any atom is -0.327 e. The number of anilines is 1. The second-order valence-electron chi connectivity index (χ2n) is 5.63. The maximum Gasteiger partial charge on any atom is 0.275 e. The molecule has 1 aromatic heterocycles. The van der Waals surface area contributed by atoms with E-state index in [2.05, 4.69) is 0 Å². The SMILES string of the molecule is O=C(c1cccs1)N1C(=O)[C@H]2CCCN2C(=O)c2ccccc21. The van der Waals surface area contributed by atoms with E-state index in [9.17, 15) is 14.4 Å². The van der Waals surface area contributed by atoms with Gasteiger partial charge in [-0.3, -0.25) is 14.4 Å². The first-order valence-corrected chi connectivity index (χ1v) is 8.38. The summed E-state index contributed by atoms with van der Waals surface area (Å²) in [5.74, 6) is -0.837. The summed E-state index contributed by atoms with van der Waals surface area (Å²) in [6.07, 6.45) is 1.39. The number of thiophene rings is 1. The van der Waals surface area contributed by atoms with Crippen LogP contribution in [-0.4, -0.2) is 35.2 Å². The van der Waals surface area contributed by atoms with Crippen LogP contribution in [0.25, 0.3) is 0 Å². The van der Waals surface area contributed by atoms with Crippen molar-refractivity contribution in [2.45, 2.75) is 18.9 Å². The Balaban J connectivity index is 1.89. The molecule has 0 radical (unpaired) electrons. The molecular formula is C17H14N2O3S. The van der Waals surface area contributed by atoms with Gasteiger partial charge >= 0.3 is 0 Å². The van der Waals surface area contributed by atoms with Gasteiger partial charge in [-0.05, 0) is 36.4 Å². The van der Waals surface area contributed by atoms with Gasteiger partial charge in [-0.15, -0.1) is 11.3 Å². The smallest absolute Gasteiger partial charge is 0.275 e. The van der Waals surface area contributed by atoms with Crippen molar-refractivity contribution < 1.29 is 14.4 Å². The van der Waals surface area contributed by atoms with Crippen LogP contribution in [0.15, 0.2) is 41.8 Å². The van der Waals surface area contributed by atoms with Crippen molar-refractivity contribution in [3.63, 3.8) is 0 Å². The fraction of sp³-hybridized carbons (Fsp3) is 0.235. The van der Waals surface area contributed by atoms with Crippen molar-refractivity contribution in [1.29, 1.82) is 0 Å². The Bertz CT molecular complexity index is 800. The molecule has 0 aliphatic carbocycles. The number of amides is 3. The van der Waals surface area contributed by atoms with E-state index in [1.807, 2.05) is 0 Å². The van der Waals surface area contributed by atoms with E-state index in [-0.39, 0.29) is 17.7 Å². The number of nitrogens with zero attached hydrogens (tertiary/aromatic N) is 2. The fourth-order valence-electron chi connectivity index (χ4n) is 3.26. The highest BCUT2D eigenvalue weighted by atomic mass is 32.1. The molecule has 0 N–H and O–H groups in total. The monoisotopic (exact) mass is 326 g/mol. The molecule has 116 valence electrons. The van der Waals surface area contributed by atoms with Gasteiger partial charge in [-0.1, -0.05) is 18.2 Å². The van der Waals surface area contributed by atoms with Crippen LogP contribution < -0.4 is 4.90 Å². The van der Waals surface area contributed by atoms with Crippen LogP contribution in [0, 0.1) is 0 Å². The summed E-state index contributed by atoms with van der Waals surface area (Å²) in [7, 11) is 0. The summed E-state index contributed by atoms with van der Waals surface area (Å²) in [5, 5.41) is 1.80. The Hall–Kier alpha value is -2.47. The van der Waals surface area contributed by atoms with Gasteiger partial charge in [0, 0.05) is 6.54 Å². The summed E-state index contributed by atoms with van der Waals surface area (Å²) >= 11 is 1.29. The zero-order chi connectivity index (χ0) is 16.0. The zero-order valence-electron chi connectivity index (χ0n) is 12.3. The minimum atomic E-state index is -0.543. The molecule has 0 spiro atoms. The van der Waals surface area contributed by atoms with Crippen molar-refractivity contribution in [1.82, 2.24) is 4.90 Å². The molecule has 3 amide bonds.